The highest BCUT2D eigenvalue weighted by atomic mass is 79.9. The standard InChI is InChI=1S/C12H16BrNO/c1-12(2)8(6-14)10(12)7-4-3-5-9(13)11(7)15/h3-5,8,10,15H,6,14H2,1-2H3. The summed E-state index contributed by atoms with van der Waals surface area (Å²) in [6.45, 7) is 5.09. The summed E-state index contributed by atoms with van der Waals surface area (Å²) in [7, 11) is 0. The minimum absolute atomic E-state index is 0.215. The minimum atomic E-state index is 0.215. The second kappa shape index (κ2) is 3.49. The van der Waals surface area contributed by atoms with Crippen molar-refractivity contribution in [2.45, 2.75) is 19.8 Å². The molecule has 1 aromatic rings. The molecule has 3 N–H and O–H groups in total. The van der Waals surface area contributed by atoms with E-state index in [4.69, 9.17) is 5.73 Å². The smallest absolute Gasteiger partial charge is 0.133 e. The Hall–Kier alpha value is -0.540. The summed E-state index contributed by atoms with van der Waals surface area (Å²) in [5, 5.41) is 9.97. The quantitative estimate of drug-likeness (QED) is 0.868. The molecule has 1 aliphatic rings. The lowest BCUT2D eigenvalue weighted by Gasteiger charge is -2.07. The monoisotopic (exact) mass is 269 g/mol. The van der Waals surface area contributed by atoms with Gasteiger partial charge in [-0.05, 0) is 51.4 Å². The molecule has 1 aromatic carbocycles. The number of nitrogens with two attached hydrogens (primary N) is 1. The van der Waals surface area contributed by atoms with Crippen molar-refractivity contribution in [3.05, 3.63) is 28.2 Å². The summed E-state index contributed by atoms with van der Waals surface area (Å²) >= 11 is 3.34. The minimum Gasteiger partial charge on any atom is -0.506 e. The van der Waals surface area contributed by atoms with Gasteiger partial charge in [0.25, 0.3) is 0 Å². The van der Waals surface area contributed by atoms with E-state index in [0.29, 0.717) is 24.1 Å². The number of phenolic OH excluding ortho intramolecular Hbond substituents is 1. The molecule has 0 spiro atoms. The molecule has 2 rings (SSSR count). The van der Waals surface area contributed by atoms with Crippen molar-refractivity contribution in [2.24, 2.45) is 17.1 Å². The van der Waals surface area contributed by atoms with Crippen molar-refractivity contribution >= 4 is 15.9 Å². The lowest BCUT2D eigenvalue weighted by molar-refractivity contribution is 0.461. The summed E-state index contributed by atoms with van der Waals surface area (Å²) in [5.41, 5.74) is 6.97. The molecule has 0 aliphatic heterocycles. The maximum atomic E-state index is 9.97. The summed E-state index contributed by atoms with van der Waals surface area (Å²) < 4.78 is 0.762. The first-order chi connectivity index (χ1) is 7.00. The van der Waals surface area contributed by atoms with Crippen LogP contribution in [0.15, 0.2) is 22.7 Å². The molecule has 82 valence electrons. The number of aromatic hydroxyl groups is 1. The number of rotatable bonds is 2. The molecule has 0 radical (unpaired) electrons. The summed E-state index contributed by atoms with van der Waals surface area (Å²) in [4.78, 5) is 0. The third-order valence-electron chi connectivity index (χ3n) is 3.66. The molecule has 2 atom stereocenters. The van der Waals surface area contributed by atoms with Crippen LogP contribution in [0.25, 0.3) is 0 Å². The number of benzene rings is 1. The number of hydrogen-bond donors (Lipinski definition) is 2. The van der Waals surface area contributed by atoms with Gasteiger partial charge in [-0.3, -0.25) is 0 Å². The Labute approximate surface area is 98.6 Å². The first kappa shape index (κ1) is 11.0. The van der Waals surface area contributed by atoms with Crippen molar-refractivity contribution in [3.63, 3.8) is 0 Å². The van der Waals surface area contributed by atoms with E-state index in [0.717, 1.165) is 10.0 Å². The second-order valence-electron chi connectivity index (χ2n) is 4.82. The maximum Gasteiger partial charge on any atom is 0.133 e. The van der Waals surface area contributed by atoms with Gasteiger partial charge in [0.05, 0.1) is 4.47 Å². The van der Waals surface area contributed by atoms with E-state index in [1.165, 1.54) is 0 Å². The van der Waals surface area contributed by atoms with Crippen LogP contribution in [0.4, 0.5) is 0 Å². The van der Waals surface area contributed by atoms with Gasteiger partial charge in [0.2, 0.25) is 0 Å². The van der Waals surface area contributed by atoms with Gasteiger partial charge in [-0.15, -0.1) is 0 Å². The fourth-order valence-electron chi connectivity index (χ4n) is 2.58. The van der Waals surface area contributed by atoms with E-state index in [1.54, 1.807) is 0 Å². The molecule has 3 heteroatoms. The first-order valence-corrected chi connectivity index (χ1v) is 5.97. The highest BCUT2D eigenvalue weighted by molar-refractivity contribution is 9.10. The average molecular weight is 270 g/mol. The number of hydrogen-bond acceptors (Lipinski definition) is 2. The van der Waals surface area contributed by atoms with Gasteiger partial charge in [-0.25, -0.2) is 0 Å². The Morgan fingerprint density at radius 3 is 2.67 bits per heavy atom. The van der Waals surface area contributed by atoms with Crippen LogP contribution in [-0.4, -0.2) is 11.7 Å². The Morgan fingerprint density at radius 2 is 2.13 bits per heavy atom. The third-order valence-corrected chi connectivity index (χ3v) is 4.30. The molecule has 0 heterocycles. The molecule has 0 bridgehead atoms. The summed E-state index contributed by atoms with van der Waals surface area (Å²) in [5.74, 6) is 1.24. The highest BCUT2D eigenvalue weighted by Gasteiger charge is 2.58. The van der Waals surface area contributed by atoms with Gasteiger partial charge in [-0.1, -0.05) is 26.0 Å². The van der Waals surface area contributed by atoms with Crippen LogP contribution in [-0.2, 0) is 0 Å². The maximum absolute atomic E-state index is 9.97. The molecular formula is C12H16BrNO. The number of para-hydroxylation sites is 1. The zero-order chi connectivity index (χ0) is 11.2. The lowest BCUT2D eigenvalue weighted by Crippen LogP contribution is -2.05. The zero-order valence-electron chi connectivity index (χ0n) is 9.00. The van der Waals surface area contributed by atoms with Crippen LogP contribution in [0.1, 0.15) is 25.3 Å². The van der Waals surface area contributed by atoms with Crippen LogP contribution in [0.5, 0.6) is 5.75 Å². The van der Waals surface area contributed by atoms with Crippen LogP contribution >= 0.6 is 15.9 Å². The number of halogens is 1. The van der Waals surface area contributed by atoms with E-state index < -0.39 is 0 Å². The van der Waals surface area contributed by atoms with Crippen molar-refractivity contribution in [2.75, 3.05) is 6.54 Å². The third kappa shape index (κ3) is 1.58. The molecule has 0 amide bonds. The molecule has 15 heavy (non-hydrogen) atoms. The van der Waals surface area contributed by atoms with Crippen LogP contribution in [0.3, 0.4) is 0 Å². The van der Waals surface area contributed by atoms with Gasteiger partial charge >= 0.3 is 0 Å². The molecule has 2 unspecified atom stereocenters. The predicted molar refractivity (Wildman–Crippen MR) is 64.9 cm³/mol. The van der Waals surface area contributed by atoms with E-state index in [1.807, 2.05) is 18.2 Å². The fraction of sp³-hybridized carbons (Fsp3) is 0.500. The van der Waals surface area contributed by atoms with Crippen molar-refractivity contribution in [1.29, 1.82) is 0 Å². The van der Waals surface area contributed by atoms with Crippen molar-refractivity contribution in [3.8, 4) is 5.75 Å². The van der Waals surface area contributed by atoms with Gasteiger partial charge < -0.3 is 10.8 Å². The largest absolute Gasteiger partial charge is 0.506 e. The Bertz CT molecular complexity index is 389. The Morgan fingerprint density at radius 1 is 1.47 bits per heavy atom. The van der Waals surface area contributed by atoms with Crippen molar-refractivity contribution < 1.29 is 5.11 Å². The predicted octanol–water partition coefficient (Wildman–Crippen LogP) is 2.85. The van der Waals surface area contributed by atoms with Crippen LogP contribution in [0.2, 0.25) is 0 Å². The lowest BCUT2D eigenvalue weighted by atomic mass is 10.0. The summed E-state index contributed by atoms with van der Waals surface area (Å²) in [6, 6.07) is 5.80. The summed E-state index contributed by atoms with van der Waals surface area (Å²) in [6.07, 6.45) is 0. The SMILES string of the molecule is CC1(C)C(CN)C1c1cccc(Br)c1O. The molecule has 0 saturated heterocycles. The van der Waals surface area contributed by atoms with Gasteiger partial charge in [0, 0.05) is 0 Å². The van der Waals surface area contributed by atoms with Gasteiger partial charge in [0.1, 0.15) is 5.75 Å². The Balaban J connectivity index is 2.37. The van der Waals surface area contributed by atoms with Crippen molar-refractivity contribution in [1.82, 2.24) is 0 Å². The number of phenols is 1. The molecule has 2 nitrogen and oxygen atoms in total. The van der Waals surface area contributed by atoms with E-state index >= 15 is 0 Å². The molecule has 1 saturated carbocycles. The topological polar surface area (TPSA) is 46.2 Å². The van der Waals surface area contributed by atoms with E-state index in [2.05, 4.69) is 29.8 Å². The van der Waals surface area contributed by atoms with E-state index in [9.17, 15) is 5.11 Å². The first-order valence-electron chi connectivity index (χ1n) is 5.17. The van der Waals surface area contributed by atoms with Crippen LogP contribution < -0.4 is 5.73 Å². The molecule has 0 aromatic heterocycles. The fourth-order valence-corrected chi connectivity index (χ4v) is 2.97. The normalized spacial score (nSPS) is 27.7. The van der Waals surface area contributed by atoms with E-state index in [-0.39, 0.29) is 5.41 Å². The second-order valence-corrected chi connectivity index (χ2v) is 5.67. The molecule has 1 fully saturated rings. The zero-order valence-corrected chi connectivity index (χ0v) is 10.6. The average Bonchev–Trinajstić information content (AvgIpc) is 2.73. The van der Waals surface area contributed by atoms with Gasteiger partial charge in [0.15, 0.2) is 0 Å². The van der Waals surface area contributed by atoms with Crippen LogP contribution in [0, 0.1) is 11.3 Å². The molecule has 1 aliphatic carbocycles. The Kier molecular flexibility index (Phi) is 2.55. The molecular weight excluding hydrogens is 254 g/mol. The van der Waals surface area contributed by atoms with Gasteiger partial charge in [-0.2, -0.15) is 0 Å². The highest BCUT2D eigenvalue weighted by Crippen LogP contribution is 2.65.